The van der Waals surface area contributed by atoms with Crippen LogP contribution in [0.3, 0.4) is 0 Å². The van der Waals surface area contributed by atoms with Crippen LogP contribution in [0.25, 0.3) is 0 Å². The normalized spacial score (nSPS) is 21.2. The molecule has 2 heterocycles. The average molecular weight is 357 g/mol. The minimum absolute atomic E-state index is 0.232. The molecule has 4 heteroatoms. The number of likely N-dealkylation sites (tertiary alicyclic amines) is 1. The number of piperidine rings is 1. The molecule has 1 saturated heterocycles. The average Bonchev–Trinajstić information content (AvgIpc) is 3.16. The number of carbonyl (C=O) groups is 1. The van der Waals surface area contributed by atoms with Gasteiger partial charge in [-0.15, -0.1) is 11.3 Å². The second-order valence-corrected chi connectivity index (χ2v) is 7.95. The summed E-state index contributed by atoms with van der Waals surface area (Å²) in [6, 6.07) is 14.8. The molecule has 0 unspecified atom stereocenters. The smallest absolute Gasteiger partial charge is 0.226 e. The summed E-state index contributed by atoms with van der Waals surface area (Å²) < 4.78 is 0. The summed E-state index contributed by atoms with van der Waals surface area (Å²) in [6.07, 6.45) is 2.73. The van der Waals surface area contributed by atoms with Gasteiger partial charge in [-0.1, -0.05) is 38.1 Å². The zero-order valence-corrected chi connectivity index (χ0v) is 16.0. The first kappa shape index (κ1) is 18.2. The van der Waals surface area contributed by atoms with Gasteiger partial charge in [0.2, 0.25) is 5.91 Å². The number of hydrogen-bond donors (Lipinski definition) is 0. The van der Waals surface area contributed by atoms with Crippen molar-refractivity contribution in [3.63, 3.8) is 0 Å². The zero-order valence-electron chi connectivity index (χ0n) is 15.2. The fraction of sp³-hybridized carbons (Fsp3) is 0.476. The summed E-state index contributed by atoms with van der Waals surface area (Å²) in [7, 11) is 0. The molecule has 0 spiro atoms. The Balaban J connectivity index is 1.65. The lowest BCUT2D eigenvalue weighted by Gasteiger charge is -2.42. The number of thiophene rings is 1. The molecule has 3 rings (SSSR count). The maximum atomic E-state index is 12.6. The second kappa shape index (κ2) is 8.63. The predicted molar refractivity (Wildman–Crippen MR) is 106 cm³/mol. The van der Waals surface area contributed by atoms with Crippen LogP contribution < -0.4 is 4.90 Å². The minimum atomic E-state index is 0.232. The van der Waals surface area contributed by atoms with Crippen LogP contribution >= 0.6 is 11.3 Å². The Labute approximate surface area is 155 Å². The van der Waals surface area contributed by atoms with E-state index in [0.29, 0.717) is 18.4 Å². The molecule has 0 bridgehead atoms. The zero-order chi connectivity index (χ0) is 17.6. The molecular formula is C21H28N2OS. The first-order valence-electron chi connectivity index (χ1n) is 9.31. The largest absolute Gasteiger partial charge is 0.309 e. The molecule has 1 aliphatic rings. The van der Waals surface area contributed by atoms with Crippen molar-refractivity contribution in [3.8, 4) is 0 Å². The maximum absolute atomic E-state index is 12.6. The summed E-state index contributed by atoms with van der Waals surface area (Å²) in [5, 5.41) is 2.15. The van der Waals surface area contributed by atoms with E-state index in [4.69, 9.17) is 0 Å². The predicted octanol–water partition coefficient (Wildman–Crippen LogP) is 4.44. The van der Waals surface area contributed by atoms with E-state index in [0.717, 1.165) is 38.2 Å². The Bertz CT molecular complexity index is 656. The van der Waals surface area contributed by atoms with Crippen molar-refractivity contribution in [2.75, 3.05) is 24.5 Å². The van der Waals surface area contributed by atoms with E-state index in [9.17, 15) is 4.79 Å². The molecule has 1 aromatic heterocycles. The van der Waals surface area contributed by atoms with E-state index in [1.807, 2.05) is 36.5 Å². The van der Waals surface area contributed by atoms with Crippen molar-refractivity contribution in [2.24, 2.45) is 5.92 Å². The van der Waals surface area contributed by atoms with Gasteiger partial charge in [0.05, 0.1) is 0 Å². The van der Waals surface area contributed by atoms with Crippen molar-refractivity contribution < 1.29 is 4.79 Å². The van der Waals surface area contributed by atoms with Gasteiger partial charge in [0.15, 0.2) is 0 Å². The Morgan fingerprint density at radius 1 is 1.24 bits per heavy atom. The molecule has 0 radical (unpaired) electrons. The molecule has 0 N–H and O–H groups in total. The van der Waals surface area contributed by atoms with Crippen LogP contribution in [0.2, 0.25) is 0 Å². The van der Waals surface area contributed by atoms with E-state index in [2.05, 4.69) is 46.4 Å². The van der Waals surface area contributed by atoms with Crippen LogP contribution in [0.15, 0.2) is 47.8 Å². The standard InChI is InChI=1S/C21H28N2OS/c1-3-21(24)23(18-8-5-4-6-9-18)20-12-14-22(16-17(20)2)13-11-19-10-7-15-25-19/h4-10,15,17,20H,3,11-14,16H2,1-2H3/t17-,20-/m0/s1. The fourth-order valence-electron chi connectivity index (χ4n) is 3.81. The molecule has 2 atom stereocenters. The quantitative estimate of drug-likeness (QED) is 0.764. The lowest BCUT2D eigenvalue weighted by Crippen LogP contribution is -2.52. The van der Waals surface area contributed by atoms with Gasteiger partial charge in [-0.3, -0.25) is 4.79 Å². The summed E-state index contributed by atoms with van der Waals surface area (Å²) >= 11 is 1.84. The molecule has 1 aliphatic heterocycles. The topological polar surface area (TPSA) is 23.6 Å². The number of carbonyl (C=O) groups excluding carboxylic acids is 1. The second-order valence-electron chi connectivity index (χ2n) is 6.92. The molecule has 1 fully saturated rings. The first-order chi connectivity index (χ1) is 12.2. The Morgan fingerprint density at radius 3 is 2.68 bits per heavy atom. The Kier molecular flexibility index (Phi) is 6.27. The summed E-state index contributed by atoms with van der Waals surface area (Å²) in [4.78, 5) is 18.7. The summed E-state index contributed by atoms with van der Waals surface area (Å²) in [5.74, 6) is 0.711. The third-order valence-corrected chi connectivity index (χ3v) is 6.07. The maximum Gasteiger partial charge on any atom is 0.226 e. The van der Waals surface area contributed by atoms with Crippen LogP contribution in [-0.4, -0.2) is 36.5 Å². The van der Waals surface area contributed by atoms with Gasteiger partial charge in [-0.25, -0.2) is 0 Å². The summed E-state index contributed by atoms with van der Waals surface area (Å²) in [5.41, 5.74) is 1.04. The molecule has 1 aromatic carbocycles. The van der Waals surface area contributed by atoms with Crippen LogP contribution in [0, 0.1) is 5.92 Å². The Morgan fingerprint density at radius 2 is 2.04 bits per heavy atom. The van der Waals surface area contributed by atoms with Gasteiger partial charge in [-0.05, 0) is 42.3 Å². The van der Waals surface area contributed by atoms with Crippen molar-refractivity contribution in [1.82, 2.24) is 4.90 Å². The number of benzene rings is 1. The van der Waals surface area contributed by atoms with Gasteiger partial charge in [-0.2, -0.15) is 0 Å². The number of rotatable bonds is 6. The minimum Gasteiger partial charge on any atom is -0.309 e. The van der Waals surface area contributed by atoms with E-state index >= 15 is 0 Å². The number of para-hydroxylation sites is 1. The third kappa shape index (κ3) is 4.50. The fourth-order valence-corrected chi connectivity index (χ4v) is 4.51. The molecule has 0 saturated carbocycles. The van der Waals surface area contributed by atoms with Gasteiger partial charge in [0, 0.05) is 42.7 Å². The first-order valence-corrected chi connectivity index (χ1v) is 10.2. The number of amides is 1. The molecule has 1 amide bonds. The highest BCUT2D eigenvalue weighted by atomic mass is 32.1. The molecule has 2 aromatic rings. The van der Waals surface area contributed by atoms with Crippen LogP contribution in [0.5, 0.6) is 0 Å². The molecule has 25 heavy (non-hydrogen) atoms. The SMILES string of the molecule is CCC(=O)N(c1ccccc1)[C@H]1CCN(CCc2cccs2)C[C@@H]1C. The summed E-state index contributed by atoms with van der Waals surface area (Å²) in [6.45, 7) is 7.50. The van der Waals surface area contributed by atoms with Gasteiger partial charge >= 0.3 is 0 Å². The van der Waals surface area contributed by atoms with E-state index in [1.165, 1.54) is 4.88 Å². The monoisotopic (exact) mass is 356 g/mol. The van der Waals surface area contributed by atoms with Crippen LogP contribution in [-0.2, 0) is 11.2 Å². The Hall–Kier alpha value is -1.65. The van der Waals surface area contributed by atoms with E-state index in [-0.39, 0.29) is 5.91 Å². The molecule has 3 nitrogen and oxygen atoms in total. The van der Waals surface area contributed by atoms with Crippen LogP contribution in [0.4, 0.5) is 5.69 Å². The number of anilines is 1. The molecule has 0 aliphatic carbocycles. The van der Waals surface area contributed by atoms with Gasteiger partial charge in [0.1, 0.15) is 0 Å². The van der Waals surface area contributed by atoms with Crippen LogP contribution in [0.1, 0.15) is 31.6 Å². The highest BCUT2D eigenvalue weighted by molar-refractivity contribution is 7.09. The van der Waals surface area contributed by atoms with E-state index < -0.39 is 0 Å². The molecule has 134 valence electrons. The van der Waals surface area contributed by atoms with Crippen molar-refractivity contribution in [2.45, 2.75) is 39.2 Å². The molecular weight excluding hydrogens is 328 g/mol. The van der Waals surface area contributed by atoms with Crippen molar-refractivity contribution in [1.29, 1.82) is 0 Å². The third-order valence-electron chi connectivity index (χ3n) is 5.14. The lowest BCUT2D eigenvalue weighted by molar-refractivity contribution is -0.119. The van der Waals surface area contributed by atoms with Crippen molar-refractivity contribution >= 4 is 22.9 Å². The lowest BCUT2D eigenvalue weighted by atomic mass is 9.91. The number of hydrogen-bond acceptors (Lipinski definition) is 3. The highest BCUT2D eigenvalue weighted by Gasteiger charge is 2.33. The van der Waals surface area contributed by atoms with Gasteiger partial charge in [0.25, 0.3) is 0 Å². The van der Waals surface area contributed by atoms with Gasteiger partial charge < -0.3 is 9.80 Å². The highest BCUT2D eigenvalue weighted by Crippen LogP contribution is 2.28. The van der Waals surface area contributed by atoms with Crippen molar-refractivity contribution in [3.05, 3.63) is 52.7 Å². The number of nitrogens with zero attached hydrogens (tertiary/aromatic N) is 2. The van der Waals surface area contributed by atoms with E-state index in [1.54, 1.807) is 0 Å².